The third kappa shape index (κ3) is 1.52. The van der Waals surface area contributed by atoms with Crippen molar-refractivity contribution in [2.45, 2.75) is 31.8 Å². The highest BCUT2D eigenvalue weighted by molar-refractivity contribution is 14.1. The van der Waals surface area contributed by atoms with Crippen LogP contribution < -0.4 is 0 Å². The van der Waals surface area contributed by atoms with Crippen molar-refractivity contribution >= 4 is 50.0 Å². The summed E-state index contributed by atoms with van der Waals surface area (Å²) in [6.07, 6.45) is 4.05. The lowest BCUT2D eigenvalue weighted by Gasteiger charge is -2.34. The molecule has 2 fully saturated rings. The molecule has 0 radical (unpaired) electrons. The number of nitrogens with zero attached hydrogens (tertiary/aromatic N) is 2. The molecular weight excluding hydrogens is 391 g/mol. The van der Waals surface area contributed by atoms with E-state index in [1.165, 1.54) is 39.9 Å². The zero-order valence-corrected chi connectivity index (χ0v) is 13.0. The fraction of sp³-hybridized carbons (Fsp3) is 0.462. The van der Waals surface area contributed by atoms with Crippen molar-refractivity contribution in [2.75, 3.05) is 0 Å². The summed E-state index contributed by atoms with van der Waals surface area (Å²) in [6, 6.07) is 5.12. The summed E-state index contributed by atoms with van der Waals surface area (Å²) in [7, 11) is 0. The molecule has 1 aliphatic carbocycles. The van der Waals surface area contributed by atoms with E-state index in [1.54, 1.807) is 0 Å². The van der Waals surface area contributed by atoms with Crippen molar-refractivity contribution in [3.63, 3.8) is 0 Å². The van der Waals surface area contributed by atoms with E-state index in [1.807, 2.05) is 0 Å². The number of hydrogen-bond donors (Lipinski definition) is 0. The van der Waals surface area contributed by atoms with Gasteiger partial charge < -0.3 is 4.90 Å². The Hall–Kier alpha value is -0.100. The molecule has 1 saturated heterocycles. The molecule has 4 rings (SSSR count). The van der Waals surface area contributed by atoms with Gasteiger partial charge in [0.05, 0.1) is 5.69 Å². The summed E-state index contributed by atoms with van der Waals surface area (Å²) >= 11 is 5.99. The Kier molecular flexibility index (Phi) is 2.35. The third-order valence-electron chi connectivity index (χ3n) is 4.21. The maximum atomic E-state index is 4.92. The van der Waals surface area contributed by atoms with Gasteiger partial charge in [-0.05, 0) is 54.0 Å². The first-order valence-electron chi connectivity index (χ1n) is 6.05. The highest BCUT2D eigenvalue weighted by atomic mass is 127. The third-order valence-corrected chi connectivity index (χ3v) is 5.63. The first-order valence-corrected chi connectivity index (χ1v) is 7.92. The van der Waals surface area contributed by atoms with Crippen LogP contribution in [-0.2, 0) is 6.54 Å². The SMILES string of the molecule is Brc1cc(I)c2c(c1)N=C1C3CCC(C3)N1C2. The first kappa shape index (κ1) is 10.8. The molecule has 0 N–H and O–H groups in total. The quantitative estimate of drug-likeness (QED) is 0.597. The molecule has 2 nitrogen and oxygen atoms in total. The predicted molar refractivity (Wildman–Crippen MR) is 80.6 cm³/mol. The summed E-state index contributed by atoms with van der Waals surface area (Å²) in [5.41, 5.74) is 2.59. The van der Waals surface area contributed by atoms with Crippen molar-refractivity contribution in [3.8, 4) is 0 Å². The van der Waals surface area contributed by atoms with Gasteiger partial charge in [-0.25, -0.2) is 4.99 Å². The average Bonchev–Trinajstić information content (AvgIpc) is 2.87. The van der Waals surface area contributed by atoms with E-state index in [0.717, 1.165) is 23.0 Å². The van der Waals surface area contributed by atoms with Gasteiger partial charge in [0.15, 0.2) is 0 Å². The molecule has 3 aliphatic rings. The molecule has 2 aliphatic heterocycles. The van der Waals surface area contributed by atoms with E-state index in [4.69, 9.17) is 4.99 Å². The number of rotatable bonds is 0. The molecule has 1 saturated carbocycles. The van der Waals surface area contributed by atoms with Crippen LogP contribution in [-0.4, -0.2) is 16.8 Å². The lowest BCUT2D eigenvalue weighted by Crippen LogP contribution is -2.38. The minimum absolute atomic E-state index is 0.741. The average molecular weight is 403 g/mol. The lowest BCUT2D eigenvalue weighted by molar-refractivity contribution is 0.316. The Morgan fingerprint density at radius 3 is 3.12 bits per heavy atom. The number of piperidine rings is 1. The summed E-state index contributed by atoms with van der Waals surface area (Å²) in [5.74, 6) is 2.10. The fourth-order valence-corrected chi connectivity index (χ4v) is 5.06. The van der Waals surface area contributed by atoms with E-state index < -0.39 is 0 Å². The van der Waals surface area contributed by atoms with Gasteiger partial charge in [0.25, 0.3) is 0 Å². The second-order valence-electron chi connectivity index (χ2n) is 5.15. The molecule has 2 atom stereocenters. The Balaban J connectivity index is 1.87. The van der Waals surface area contributed by atoms with Crippen LogP contribution in [0.2, 0.25) is 0 Å². The predicted octanol–water partition coefficient (Wildman–Crippen LogP) is 4.08. The zero-order valence-electron chi connectivity index (χ0n) is 9.29. The number of amidine groups is 1. The Morgan fingerprint density at radius 1 is 1.35 bits per heavy atom. The van der Waals surface area contributed by atoms with Crippen LogP contribution in [0.5, 0.6) is 0 Å². The van der Waals surface area contributed by atoms with Crippen LogP contribution in [0, 0.1) is 9.49 Å². The van der Waals surface area contributed by atoms with Gasteiger partial charge in [0.2, 0.25) is 0 Å². The molecule has 0 aromatic heterocycles. The molecule has 1 aromatic rings. The summed E-state index contributed by atoms with van der Waals surface area (Å²) in [5, 5.41) is 0. The number of halogens is 2. The first-order chi connectivity index (χ1) is 8.22. The molecule has 2 unspecified atom stereocenters. The van der Waals surface area contributed by atoms with Crippen LogP contribution >= 0.6 is 38.5 Å². The lowest BCUT2D eigenvalue weighted by atomic mass is 10.0. The zero-order chi connectivity index (χ0) is 11.6. The molecule has 0 amide bonds. The summed E-state index contributed by atoms with van der Waals surface area (Å²) in [6.45, 7) is 1.07. The fourth-order valence-electron chi connectivity index (χ4n) is 3.40. The van der Waals surface area contributed by atoms with E-state index in [9.17, 15) is 0 Å². The molecule has 88 valence electrons. The monoisotopic (exact) mass is 402 g/mol. The van der Waals surface area contributed by atoms with Gasteiger partial charge in [-0.15, -0.1) is 0 Å². The van der Waals surface area contributed by atoms with Gasteiger partial charge in [0.1, 0.15) is 5.84 Å². The van der Waals surface area contributed by atoms with Gasteiger partial charge in [-0.3, -0.25) is 0 Å². The van der Waals surface area contributed by atoms with Crippen molar-refractivity contribution in [1.29, 1.82) is 0 Å². The Labute approximate surface area is 123 Å². The van der Waals surface area contributed by atoms with Crippen molar-refractivity contribution in [3.05, 3.63) is 25.7 Å². The van der Waals surface area contributed by atoms with Crippen LogP contribution in [0.1, 0.15) is 24.8 Å². The van der Waals surface area contributed by atoms with E-state index in [-0.39, 0.29) is 0 Å². The second kappa shape index (κ2) is 3.70. The Morgan fingerprint density at radius 2 is 2.24 bits per heavy atom. The van der Waals surface area contributed by atoms with Crippen molar-refractivity contribution in [1.82, 2.24) is 4.90 Å². The van der Waals surface area contributed by atoms with Gasteiger partial charge in [-0.2, -0.15) is 0 Å². The Bertz CT molecular complexity index is 540. The minimum Gasteiger partial charge on any atom is -0.352 e. The van der Waals surface area contributed by atoms with Gasteiger partial charge in [0, 0.05) is 32.1 Å². The van der Waals surface area contributed by atoms with Gasteiger partial charge >= 0.3 is 0 Å². The van der Waals surface area contributed by atoms with E-state index >= 15 is 0 Å². The van der Waals surface area contributed by atoms with Crippen molar-refractivity contribution < 1.29 is 0 Å². The highest BCUT2D eigenvalue weighted by Gasteiger charge is 2.44. The topological polar surface area (TPSA) is 15.6 Å². The number of fused-ring (bicyclic) bond motifs is 6. The van der Waals surface area contributed by atoms with E-state index in [2.05, 4.69) is 55.6 Å². The molecular formula is C13H12BrIN2. The van der Waals surface area contributed by atoms with Crippen molar-refractivity contribution in [2.24, 2.45) is 10.9 Å². The minimum atomic E-state index is 0.741. The number of benzene rings is 1. The second-order valence-corrected chi connectivity index (χ2v) is 7.22. The standard InChI is InChI=1S/C13H12BrIN2/c14-8-4-11(15)10-6-17-9-2-1-7(3-9)13(17)16-12(10)5-8/h4-5,7,9H,1-3,6H2. The smallest absolute Gasteiger partial charge is 0.109 e. The number of aliphatic imine (C=N–C) groups is 1. The van der Waals surface area contributed by atoms with Crippen LogP contribution in [0.3, 0.4) is 0 Å². The summed E-state index contributed by atoms with van der Waals surface area (Å²) < 4.78 is 2.47. The van der Waals surface area contributed by atoms with Crippen LogP contribution in [0.15, 0.2) is 21.6 Å². The maximum absolute atomic E-state index is 4.92. The van der Waals surface area contributed by atoms with Crippen LogP contribution in [0.4, 0.5) is 5.69 Å². The highest BCUT2D eigenvalue weighted by Crippen LogP contribution is 2.45. The summed E-state index contributed by atoms with van der Waals surface area (Å²) in [4.78, 5) is 7.47. The van der Waals surface area contributed by atoms with Gasteiger partial charge in [-0.1, -0.05) is 15.9 Å². The molecule has 17 heavy (non-hydrogen) atoms. The molecule has 0 spiro atoms. The molecule has 2 heterocycles. The molecule has 2 bridgehead atoms. The normalized spacial score (nSPS) is 29.1. The largest absolute Gasteiger partial charge is 0.352 e. The molecule has 4 heteroatoms. The van der Waals surface area contributed by atoms with Crippen LogP contribution in [0.25, 0.3) is 0 Å². The molecule has 1 aromatic carbocycles. The van der Waals surface area contributed by atoms with E-state index in [0.29, 0.717) is 0 Å². The maximum Gasteiger partial charge on any atom is 0.109 e. The number of hydrogen-bond acceptors (Lipinski definition) is 2.